The van der Waals surface area contributed by atoms with E-state index >= 15 is 0 Å². The van der Waals surface area contributed by atoms with Gasteiger partial charge in [-0.3, -0.25) is 14.4 Å². The van der Waals surface area contributed by atoms with Gasteiger partial charge in [-0.05, 0) is 24.5 Å². The number of carbonyl (C=O) groups is 3. The molecule has 2 amide bonds. The second-order valence-corrected chi connectivity index (χ2v) is 9.24. The number of nitrogens with one attached hydrogen (secondary N) is 3. The number of Topliss-reactive ketones (excluding diaryl/α,β-unsaturated/α-hetero) is 1. The van der Waals surface area contributed by atoms with Crippen molar-refractivity contribution in [3.05, 3.63) is 48.2 Å². The maximum atomic E-state index is 12.9. The van der Waals surface area contributed by atoms with Crippen LogP contribution in [-0.4, -0.2) is 43.1 Å². The maximum Gasteiger partial charge on any atom is 0.289 e. The number of aromatic nitrogens is 1. The van der Waals surface area contributed by atoms with E-state index in [1.165, 1.54) is 18.5 Å². The number of hydrogen-bond donors (Lipinski definition) is 3. The highest BCUT2D eigenvalue weighted by atomic mass is 32.2. The molecule has 1 aromatic heterocycles. The molecule has 0 radical (unpaired) electrons. The number of aryl methyl sites for hydroxylation is 1. The standard InChI is InChI=1S/C20H24N4O6S/c1-12(2)17(24-31(28,29)13-6-4-3-5-7-13)19(26)23-14-8-9-16-15(22-11-30-16)10-21-20(27)18(14)25/h3-7,11-12,14,17,24H,8-10H2,1-2H3,(H,21,27)(H,23,26). The van der Waals surface area contributed by atoms with Crippen molar-refractivity contribution in [2.75, 3.05) is 0 Å². The number of amides is 2. The quantitative estimate of drug-likeness (QED) is 0.538. The van der Waals surface area contributed by atoms with E-state index in [-0.39, 0.29) is 24.3 Å². The van der Waals surface area contributed by atoms with E-state index in [0.717, 1.165) is 0 Å². The molecule has 11 heteroatoms. The van der Waals surface area contributed by atoms with Gasteiger partial charge in [-0.2, -0.15) is 4.72 Å². The molecule has 1 aliphatic rings. The maximum absolute atomic E-state index is 12.9. The summed E-state index contributed by atoms with van der Waals surface area (Å²) < 4.78 is 33.0. The first-order valence-electron chi connectivity index (χ1n) is 9.80. The molecule has 2 atom stereocenters. The van der Waals surface area contributed by atoms with Crippen LogP contribution >= 0.6 is 0 Å². The number of fused-ring (bicyclic) bond motifs is 1. The molecule has 2 unspecified atom stereocenters. The first-order chi connectivity index (χ1) is 14.7. The Hall–Kier alpha value is -3.05. The lowest BCUT2D eigenvalue weighted by Gasteiger charge is -2.24. The number of sulfonamides is 1. The van der Waals surface area contributed by atoms with Gasteiger partial charge in [0.05, 0.1) is 17.5 Å². The molecule has 0 bridgehead atoms. The van der Waals surface area contributed by atoms with Crippen molar-refractivity contribution in [1.29, 1.82) is 0 Å². The van der Waals surface area contributed by atoms with Crippen LogP contribution in [-0.2, 0) is 37.4 Å². The van der Waals surface area contributed by atoms with Crippen molar-refractivity contribution in [3.63, 3.8) is 0 Å². The van der Waals surface area contributed by atoms with Crippen LogP contribution < -0.4 is 15.4 Å². The highest BCUT2D eigenvalue weighted by molar-refractivity contribution is 7.89. The van der Waals surface area contributed by atoms with Gasteiger partial charge in [0, 0.05) is 6.42 Å². The van der Waals surface area contributed by atoms with E-state index < -0.39 is 45.6 Å². The fourth-order valence-corrected chi connectivity index (χ4v) is 4.55. The lowest BCUT2D eigenvalue weighted by molar-refractivity contribution is -0.140. The molecule has 10 nitrogen and oxygen atoms in total. The van der Waals surface area contributed by atoms with Gasteiger partial charge in [0.2, 0.25) is 21.7 Å². The van der Waals surface area contributed by atoms with Crippen LogP contribution in [0.3, 0.4) is 0 Å². The second kappa shape index (κ2) is 9.40. The summed E-state index contributed by atoms with van der Waals surface area (Å²) in [5.74, 6) is -2.27. The molecule has 166 valence electrons. The van der Waals surface area contributed by atoms with Crippen molar-refractivity contribution >= 4 is 27.6 Å². The number of ketones is 1. The van der Waals surface area contributed by atoms with Gasteiger partial charge in [0.1, 0.15) is 17.5 Å². The predicted octanol–water partition coefficient (Wildman–Crippen LogP) is 0.294. The molecule has 3 rings (SSSR count). The third-order valence-corrected chi connectivity index (χ3v) is 6.40. The molecular weight excluding hydrogens is 424 g/mol. The van der Waals surface area contributed by atoms with Crippen LogP contribution in [0.4, 0.5) is 0 Å². The van der Waals surface area contributed by atoms with Crippen LogP contribution in [0, 0.1) is 5.92 Å². The number of hydrogen-bond acceptors (Lipinski definition) is 7. The zero-order valence-corrected chi connectivity index (χ0v) is 17.9. The number of rotatable bonds is 6. The Bertz CT molecular complexity index is 1060. The number of carbonyl (C=O) groups excluding carboxylic acids is 3. The molecule has 0 saturated carbocycles. The SMILES string of the molecule is CC(C)C(NS(=O)(=O)c1ccccc1)C(=O)NC1CCc2ocnc2CNC(=O)C1=O. The minimum atomic E-state index is -3.96. The molecule has 0 saturated heterocycles. The summed E-state index contributed by atoms with van der Waals surface area (Å²) in [6.45, 7) is 3.40. The summed E-state index contributed by atoms with van der Waals surface area (Å²) in [5.41, 5.74) is 0.517. The Morgan fingerprint density at radius 2 is 1.94 bits per heavy atom. The zero-order chi connectivity index (χ0) is 22.6. The van der Waals surface area contributed by atoms with Crippen molar-refractivity contribution in [2.24, 2.45) is 5.92 Å². The molecule has 1 aromatic carbocycles. The highest BCUT2D eigenvalue weighted by Gasteiger charge is 2.34. The molecule has 0 aliphatic carbocycles. The number of oxazole rings is 1. The van der Waals surface area contributed by atoms with Crippen molar-refractivity contribution in [2.45, 2.75) is 50.2 Å². The molecule has 2 aromatic rings. The van der Waals surface area contributed by atoms with E-state index in [4.69, 9.17) is 4.42 Å². The molecule has 31 heavy (non-hydrogen) atoms. The first kappa shape index (κ1) is 22.6. The minimum Gasteiger partial charge on any atom is -0.448 e. The number of nitrogens with zero attached hydrogens (tertiary/aromatic N) is 1. The summed E-state index contributed by atoms with van der Waals surface area (Å²) in [6, 6.07) is 5.38. The van der Waals surface area contributed by atoms with Crippen molar-refractivity contribution in [1.82, 2.24) is 20.3 Å². The highest BCUT2D eigenvalue weighted by Crippen LogP contribution is 2.15. The average molecular weight is 449 g/mol. The molecular formula is C20H24N4O6S. The van der Waals surface area contributed by atoms with Gasteiger partial charge >= 0.3 is 0 Å². The predicted molar refractivity (Wildman–Crippen MR) is 109 cm³/mol. The van der Waals surface area contributed by atoms with E-state index in [1.54, 1.807) is 32.0 Å². The summed E-state index contributed by atoms with van der Waals surface area (Å²) in [5, 5.41) is 4.99. The molecule has 1 aliphatic heterocycles. The molecule has 2 heterocycles. The Labute approximate surface area is 179 Å². The van der Waals surface area contributed by atoms with Crippen LogP contribution in [0.1, 0.15) is 31.7 Å². The largest absolute Gasteiger partial charge is 0.448 e. The summed E-state index contributed by atoms with van der Waals surface area (Å²) in [4.78, 5) is 41.7. The zero-order valence-electron chi connectivity index (χ0n) is 17.1. The van der Waals surface area contributed by atoms with Crippen LogP contribution in [0.5, 0.6) is 0 Å². The Morgan fingerprint density at radius 1 is 1.23 bits per heavy atom. The topological polar surface area (TPSA) is 147 Å². The smallest absolute Gasteiger partial charge is 0.289 e. The van der Waals surface area contributed by atoms with Crippen molar-refractivity contribution < 1.29 is 27.2 Å². The van der Waals surface area contributed by atoms with E-state index in [0.29, 0.717) is 11.5 Å². The van der Waals surface area contributed by atoms with Crippen molar-refractivity contribution in [3.8, 4) is 0 Å². The fourth-order valence-electron chi connectivity index (χ4n) is 3.18. The molecule has 0 spiro atoms. The Morgan fingerprint density at radius 3 is 2.61 bits per heavy atom. The normalized spacial score (nSPS) is 18.4. The molecule has 0 fully saturated rings. The minimum absolute atomic E-state index is 0.0178. The van der Waals surface area contributed by atoms with Crippen LogP contribution in [0.15, 0.2) is 46.0 Å². The van der Waals surface area contributed by atoms with Gasteiger partial charge in [-0.15, -0.1) is 0 Å². The van der Waals surface area contributed by atoms with Gasteiger partial charge in [-0.1, -0.05) is 32.0 Å². The molecule has 3 N–H and O–H groups in total. The van der Waals surface area contributed by atoms with E-state index in [2.05, 4.69) is 20.3 Å². The summed E-state index contributed by atoms with van der Waals surface area (Å²) in [6.07, 6.45) is 1.64. The first-order valence-corrected chi connectivity index (χ1v) is 11.3. The summed E-state index contributed by atoms with van der Waals surface area (Å²) in [7, 11) is -3.96. The third kappa shape index (κ3) is 5.36. The summed E-state index contributed by atoms with van der Waals surface area (Å²) >= 11 is 0. The lowest BCUT2D eigenvalue weighted by atomic mass is 10.0. The van der Waals surface area contributed by atoms with E-state index in [9.17, 15) is 22.8 Å². The van der Waals surface area contributed by atoms with Gasteiger partial charge in [-0.25, -0.2) is 13.4 Å². The number of benzene rings is 1. The third-order valence-electron chi connectivity index (χ3n) is 4.94. The van der Waals surface area contributed by atoms with Gasteiger partial charge in [0.15, 0.2) is 6.39 Å². The Balaban J connectivity index is 1.77. The lowest BCUT2D eigenvalue weighted by Crippen LogP contribution is -2.55. The van der Waals surface area contributed by atoms with Gasteiger partial charge in [0.25, 0.3) is 5.91 Å². The fraction of sp³-hybridized carbons (Fsp3) is 0.400. The average Bonchev–Trinajstić information content (AvgIpc) is 3.20. The van der Waals surface area contributed by atoms with Gasteiger partial charge < -0.3 is 15.1 Å². The van der Waals surface area contributed by atoms with E-state index in [1.807, 2.05) is 0 Å². The second-order valence-electron chi connectivity index (χ2n) is 7.53. The monoisotopic (exact) mass is 448 g/mol. The van der Waals surface area contributed by atoms with Crippen LogP contribution in [0.2, 0.25) is 0 Å². The Kier molecular flexibility index (Phi) is 6.86. The van der Waals surface area contributed by atoms with Crippen LogP contribution in [0.25, 0.3) is 0 Å².